The second-order valence-electron chi connectivity index (χ2n) is 7.73. The highest BCUT2D eigenvalue weighted by molar-refractivity contribution is 5.90. The fraction of sp³-hybridized carbons (Fsp3) is 0.391. The second-order valence-corrected chi connectivity index (χ2v) is 7.73. The van der Waals surface area contributed by atoms with Crippen molar-refractivity contribution in [3.63, 3.8) is 0 Å². The van der Waals surface area contributed by atoms with E-state index in [1.54, 1.807) is 4.90 Å². The summed E-state index contributed by atoms with van der Waals surface area (Å²) >= 11 is 0. The van der Waals surface area contributed by atoms with Crippen molar-refractivity contribution in [1.82, 2.24) is 10.2 Å². The molecule has 5 nitrogen and oxygen atoms in total. The van der Waals surface area contributed by atoms with Crippen LogP contribution in [0.2, 0.25) is 0 Å². The number of urea groups is 1. The van der Waals surface area contributed by atoms with Gasteiger partial charge in [-0.25, -0.2) is 4.79 Å². The van der Waals surface area contributed by atoms with Crippen molar-refractivity contribution in [3.8, 4) is 0 Å². The zero-order valence-electron chi connectivity index (χ0n) is 16.1. The molecule has 0 unspecified atom stereocenters. The number of piperidine rings is 1. The SMILES string of the molecule is O=C(N[C@@H]1CCCc2ccccc21)[C@@H]1CCCN(C(=O)Nc2ccccc2)C1. The maximum Gasteiger partial charge on any atom is 0.321 e. The van der Waals surface area contributed by atoms with Crippen LogP contribution in [0.4, 0.5) is 10.5 Å². The molecule has 3 amide bonds. The first-order valence-corrected chi connectivity index (χ1v) is 10.2. The summed E-state index contributed by atoms with van der Waals surface area (Å²) in [6, 6.07) is 17.8. The third-order valence-corrected chi connectivity index (χ3v) is 5.79. The van der Waals surface area contributed by atoms with Gasteiger partial charge in [0.2, 0.25) is 5.91 Å². The molecule has 2 aromatic carbocycles. The molecule has 1 fully saturated rings. The van der Waals surface area contributed by atoms with Crippen LogP contribution in [-0.4, -0.2) is 29.9 Å². The maximum absolute atomic E-state index is 12.9. The molecule has 28 heavy (non-hydrogen) atoms. The van der Waals surface area contributed by atoms with Gasteiger partial charge >= 0.3 is 6.03 Å². The van der Waals surface area contributed by atoms with E-state index in [0.717, 1.165) is 37.8 Å². The lowest BCUT2D eigenvalue weighted by atomic mass is 9.87. The van der Waals surface area contributed by atoms with Gasteiger partial charge in [-0.1, -0.05) is 42.5 Å². The fourth-order valence-corrected chi connectivity index (χ4v) is 4.29. The van der Waals surface area contributed by atoms with Crippen molar-refractivity contribution >= 4 is 17.6 Å². The topological polar surface area (TPSA) is 61.4 Å². The zero-order valence-corrected chi connectivity index (χ0v) is 16.1. The molecule has 4 rings (SSSR count). The minimum absolute atomic E-state index is 0.0684. The molecule has 0 saturated carbocycles. The number of hydrogen-bond donors (Lipinski definition) is 2. The molecule has 0 aromatic heterocycles. The van der Waals surface area contributed by atoms with Crippen LogP contribution in [0.5, 0.6) is 0 Å². The third kappa shape index (κ3) is 4.19. The molecule has 0 bridgehead atoms. The van der Waals surface area contributed by atoms with Crippen molar-refractivity contribution in [2.24, 2.45) is 5.92 Å². The first kappa shape index (κ1) is 18.5. The van der Waals surface area contributed by atoms with E-state index < -0.39 is 0 Å². The number of aryl methyl sites for hydroxylation is 1. The van der Waals surface area contributed by atoms with Crippen LogP contribution in [-0.2, 0) is 11.2 Å². The Labute approximate surface area is 166 Å². The van der Waals surface area contributed by atoms with E-state index in [9.17, 15) is 9.59 Å². The normalized spacial score (nSPS) is 21.5. The Kier molecular flexibility index (Phi) is 5.60. The lowest BCUT2D eigenvalue weighted by Crippen LogP contribution is -2.47. The summed E-state index contributed by atoms with van der Waals surface area (Å²) in [4.78, 5) is 27.3. The van der Waals surface area contributed by atoms with Crippen LogP contribution in [0.1, 0.15) is 42.9 Å². The predicted octanol–water partition coefficient (Wildman–Crippen LogP) is 4.12. The fourth-order valence-electron chi connectivity index (χ4n) is 4.29. The molecule has 0 spiro atoms. The third-order valence-electron chi connectivity index (χ3n) is 5.79. The Morgan fingerprint density at radius 2 is 1.71 bits per heavy atom. The number of nitrogens with one attached hydrogen (secondary N) is 2. The monoisotopic (exact) mass is 377 g/mol. The zero-order chi connectivity index (χ0) is 19.3. The lowest BCUT2D eigenvalue weighted by molar-refractivity contribution is -0.127. The van der Waals surface area contributed by atoms with Crippen molar-refractivity contribution < 1.29 is 9.59 Å². The Hall–Kier alpha value is -2.82. The van der Waals surface area contributed by atoms with Gasteiger partial charge in [0.25, 0.3) is 0 Å². The van der Waals surface area contributed by atoms with Gasteiger partial charge in [0.1, 0.15) is 0 Å². The van der Waals surface area contributed by atoms with Crippen molar-refractivity contribution in [3.05, 3.63) is 65.7 Å². The number of anilines is 1. The summed E-state index contributed by atoms with van der Waals surface area (Å²) < 4.78 is 0. The van der Waals surface area contributed by atoms with E-state index in [1.165, 1.54) is 11.1 Å². The van der Waals surface area contributed by atoms with E-state index in [1.807, 2.05) is 36.4 Å². The van der Waals surface area contributed by atoms with Gasteiger partial charge in [-0.2, -0.15) is 0 Å². The number of benzene rings is 2. The quantitative estimate of drug-likeness (QED) is 0.845. The summed E-state index contributed by atoms with van der Waals surface area (Å²) in [7, 11) is 0. The number of carbonyl (C=O) groups is 2. The van der Waals surface area contributed by atoms with Crippen LogP contribution < -0.4 is 10.6 Å². The summed E-state index contributed by atoms with van der Waals surface area (Å²) in [5.41, 5.74) is 3.36. The highest BCUT2D eigenvalue weighted by Gasteiger charge is 2.30. The first-order chi connectivity index (χ1) is 13.7. The standard InChI is InChI=1S/C23H27N3O2/c27-22(25-21-14-6-9-17-8-4-5-13-20(17)21)18-10-7-15-26(16-18)23(28)24-19-11-2-1-3-12-19/h1-5,8,11-13,18,21H,6-7,9-10,14-16H2,(H,24,28)(H,25,27)/t18-,21-/m1/s1. The summed E-state index contributed by atoms with van der Waals surface area (Å²) in [5.74, 6) is -0.0803. The van der Waals surface area contributed by atoms with E-state index in [-0.39, 0.29) is 23.9 Å². The maximum atomic E-state index is 12.9. The Morgan fingerprint density at radius 1 is 0.929 bits per heavy atom. The van der Waals surface area contributed by atoms with E-state index >= 15 is 0 Å². The average molecular weight is 377 g/mol. The number of nitrogens with zero attached hydrogens (tertiary/aromatic N) is 1. The summed E-state index contributed by atoms with van der Waals surface area (Å²) in [5, 5.41) is 6.18. The molecule has 0 radical (unpaired) electrons. The predicted molar refractivity (Wildman–Crippen MR) is 110 cm³/mol. The van der Waals surface area contributed by atoms with Gasteiger partial charge in [0, 0.05) is 18.8 Å². The van der Waals surface area contributed by atoms with Gasteiger partial charge in [-0.05, 0) is 55.4 Å². The summed E-state index contributed by atoms with van der Waals surface area (Å²) in [6.45, 7) is 1.16. The average Bonchev–Trinajstić information content (AvgIpc) is 2.75. The molecule has 2 aromatic rings. The lowest BCUT2D eigenvalue weighted by Gasteiger charge is -2.34. The highest BCUT2D eigenvalue weighted by atomic mass is 16.2. The van der Waals surface area contributed by atoms with Crippen LogP contribution in [0.3, 0.4) is 0 Å². The van der Waals surface area contributed by atoms with Gasteiger partial charge < -0.3 is 15.5 Å². The molecule has 146 valence electrons. The number of amides is 3. The van der Waals surface area contributed by atoms with Crippen LogP contribution in [0.25, 0.3) is 0 Å². The van der Waals surface area contributed by atoms with Crippen LogP contribution >= 0.6 is 0 Å². The molecule has 2 atom stereocenters. The first-order valence-electron chi connectivity index (χ1n) is 10.2. The molecule has 1 saturated heterocycles. The molecular weight excluding hydrogens is 350 g/mol. The largest absolute Gasteiger partial charge is 0.349 e. The number of para-hydroxylation sites is 1. The molecule has 5 heteroatoms. The van der Waals surface area contributed by atoms with Crippen molar-refractivity contribution in [1.29, 1.82) is 0 Å². The van der Waals surface area contributed by atoms with Gasteiger partial charge in [-0.3, -0.25) is 4.79 Å². The highest BCUT2D eigenvalue weighted by Crippen LogP contribution is 2.30. The molecule has 2 N–H and O–H groups in total. The number of fused-ring (bicyclic) bond motifs is 1. The number of hydrogen-bond acceptors (Lipinski definition) is 2. The van der Waals surface area contributed by atoms with Gasteiger partial charge in [0.05, 0.1) is 12.0 Å². The number of carbonyl (C=O) groups excluding carboxylic acids is 2. The number of likely N-dealkylation sites (tertiary alicyclic amines) is 1. The second kappa shape index (κ2) is 8.46. The van der Waals surface area contributed by atoms with E-state index in [0.29, 0.717) is 13.1 Å². The van der Waals surface area contributed by atoms with E-state index in [2.05, 4.69) is 28.8 Å². The van der Waals surface area contributed by atoms with Crippen molar-refractivity contribution in [2.45, 2.75) is 38.1 Å². The number of rotatable bonds is 3. The van der Waals surface area contributed by atoms with Crippen LogP contribution in [0.15, 0.2) is 54.6 Å². The van der Waals surface area contributed by atoms with Gasteiger partial charge in [0.15, 0.2) is 0 Å². The molecule has 2 aliphatic rings. The van der Waals surface area contributed by atoms with Gasteiger partial charge in [-0.15, -0.1) is 0 Å². The van der Waals surface area contributed by atoms with Crippen LogP contribution in [0, 0.1) is 5.92 Å². The molecule has 1 aliphatic carbocycles. The summed E-state index contributed by atoms with van der Waals surface area (Å²) in [6.07, 6.45) is 4.84. The molecular formula is C23H27N3O2. The Balaban J connectivity index is 1.37. The molecule has 1 heterocycles. The van der Waals surface area contributed by atoms with Crippen molar-refractivity contribution in [2.75, 3.05) is 18.4 Å². The minimum Gasteiger partial charge on any atom is -0.349 e. The Morgan fingerprint density at radius 3 is 2.57 bits per heavy atom. The smallest absolute Gasteiger partial charge is 0.321 e. The Bertz CT molecular complexity index is 837. The van der Waals surface area contributed by atoms with E-state index in [4.69, 9.17) is 0 Å². The minimum atomic E-state index is -0.149. The molecule has 1 aliphatic heterocycles.